The Kier molecular flexibility index (Phi) is 6.39. The number of benzene rings is 3. The fraction of sp³-hybridized carbons (Fsp3) is 0.120. The van der Waals surface area contributed by atoms with Crippen LogP contribution in [0, 0.1) is 0 Å². The molecule has 0 aliphatic heterocycles. The molecule has 8 nitrogen and oxygen atoms in total. The van der Waals surface area contributed by atoms with Crippen molar-refractivity contribution in [3.63, 3.8) is 0 Å². The van der Waals surface area contributed by atoms with E-state index in [1.807, 2.05) is 42.5 Å². The number of nitrogen functional groups attached to an aromatic ring is 1. The van der Waals surface area contributed by atoms with Gasteiger partial charge < -0.3 is 15.2 Å². The summed E-state index contributed by atoms with van der Waals surface area (Å²) < 4.78 is 14.0. The van der Waals surface area contributed by atoms with E-state index in [2.05, 4.69) is 20.1 Å². The van der Waals surface area contributed by atoms with Crippen LogP contribution in [0.4, 0.5) is 5.82 Å². The summed E-state index contributed by atoms with van der Waals surface area (Å²) in [7, 11) is 1.79. The third-order valence-electron chi connectivity index (χ3n) is 5.33. The van der Waals surface area contributed by atoms with Crippen LogP contribution < -0.4 is 15.2 Å². The Morgan fingerprint density at radius 1 is 0.914 bits per heavy atom. The van der Waals surface area contributed by atoms with Gasteiger partial charge in [0.2, 0.25) is 0 Å². The monoisotopic (exact) mass is 506 g/mol. The second-order valence-electron chi connectivity index (χ2n) is 7.73. The first-order valence-corrected chi connectivity index (χ1v) is 11.4. The minimum absolute atomic E-state index is 0.125. The van der Waals surface area contributed by atoms with Crippen molar-refractivity contribution in [2.24, 2.45) is 7.05 Å². The maximum Gasteiger partial charge on any atom is 0.188 e. The van der Waals surface area contributed by atoms with Crippen molar-refractivity contribution in [2.45, 2.75) is 13.2 Å². The fourth-order valence-electron chi connectivity index (χ4n) is 3.72. The van der Waals surface area contributed by atoms with E-state index in [-0.39, 0.29) is 12.4 Å². The number of hydrogen-bond acceptors (Lipinski definition) is 7. The lowest BCUT2D eigenvalue weighted by atomic mass is 10.00. The summed E-state index contributed by atoms with van der Waals surface area (Å²) in [5.41, 5.74) is 9.11. The molecule has 2 N–H and O–H groups in total. The van der Waals surface area contributed by atoms with Crippen LogP contribution in [0.2, 0.25) is 10.0 Å². The molecule has 0 saturated heterocycles. The lowest BCUT2D eigenvalue weighted by Crippen LogP contribution is -2.05. The number of fused-ring (bicyclic) bond motifs is 1. The Labute approximate surface area is 211 Å². The summed E-state index contributed by atoms with van der Waals surface area (Å²) in [4.78, 5) is 12.9. The van der Waals surface area contributed by atoms with Crippen LogP contribution in [0.1, 0.15) is 11.4 Å². The van der Waals surface area contributed by atoms with E-state index in [1.54, 1.807) is 30.2 Å². The molecule has 0 aliphatic carbocycles. The molecule has 0 saturated carbocycles. The molecule has 3 aromatic carbocycles. The zero-order valence-corrected chi connectivity index (χ0v) is 20.2. The van der Waals surface area contributed by atoms with Gasteiger partial charge in [0.15, 0.2) is 5.82 Å². The van der Waals surface area contributed by atoms with Gasteiger partial charge in [-0.05, 0) is 11.6 Å². The number of rotatable bonds is 7. The van der Waals surface area contributed by atoms with Gasteiger partial charge in [0.1, 0.15) is 43.2 Å². The average Bonchev–Trinajstić information content (AvgIpc) is 3.29. The van der Waals surface area contributed by atoms with Gasteiger partial charge >= 0.3 is 0 Å². The molecule has 5 aromatic rings. The molecule has 0 bridgehead atoms. The molecule has 0 aliphatic rings. The maximum atomic E-state index is 6.63. The number of aromatic nitrogens is 5. The van der Waals surface area contributed by atoms with Crippen LogP contribution in [0.5, 0.6) is 11.5 Å². The summed E-state index contributed by atoms with van der Waals surface area (Å²) in [6.07, 6.45) is 3.00. The Bertz CT molecular complexity index is 1510. The summed E-state index contributed by atoms with van der Waals surface area (Å²) in [6, 6.07) is 17.0. The lowest BCUT2D eigenvalue weighted by Gasteiger charge is -2.19. The highest BCUT2D eigenvalue weighted by Crippen LogP contribution is 2.46. The largest absolute Gasteiger partial charge is 0.488 e. The highest BCUT2D eigenvalue weighted by Gasteiger charge is 2.22. The Hall–Kier alpha value is -3.88. The smallest absolute Gasteiger partial charge is 0.188 e. The van der Waals surface area contributed by atoms with Crippen molar-refractivity contribution in [1.29, 1.82) is 0 Å². The predicted octanol–water partition coefficient (Wildman–Crippen LogP) is 5.47. The topological polar surface area (TPSA) is 101 Å². The highest BCUT2D eigenvalue weighted by atomic mass is 35.5. The summed E-state index contributed by atoms with van der Waals surface area (Å²) in [5.74, 6) is 1.72. The van der Waals surface area contributed by atoms with Crippen LogP contribution in [-0.4, -0.2) is 24.7 Å². The molecule has 2 aromatic heterocycles. The minimum Gasteiger partial charge on any atom is -0.488 e. The molecule has 5 rings (SSSR count). The molecule has 2 heterocycles. The molecule has 0 amide bonds. The van der Waals surface area contributed by atoms with E-state index in [0.717, 1.165) is 5.56 Å². The number of anilines is 1. The van der Waals surface area contributed by atoms with Crippen molar-refractivity contribution >= 4 is 39.9 Å². The summed E-state index contributed by atoms with van der Waals surface area (Å²) in [5, 5.41) is 5.59. The Morgan fingerprint density at radius 3 is 2.49 bits per heavy atom. The van der Waals surface area contributed by atoms with Crippen molar-refractivity contribution in [1.82, 2.24) is 24.7 Å². The molecule has 10 heteroatoms. The third-order valence-corrected chi connectivity index (χ3v) is 6.15. The molecule has 35 heavy (non-hydrogen) atoms. The van der Waals surface area contributed by atoms with Crippen LogP contribution in [-0.2, 0) is 20.3 Å². The van der Waals surface area contributed by atoms with Crippen molar-refractivity contribution in [2.75, 3.05) is 5.73 Å². The van der Waals surface area contributed by atoms with Gasteiger partial charge in [-0.2, -0.15) is 5.10 Å². The van der Waals surface area contributed by atoms with E-state index in [9.17, 15) is 0 Å². The standard InChI is InChI=1S/C25H20Cl2N6O2/c1-33-14-31-20(32-33)12-35-19-10-18(34-11-15-6-3-2-4-7-15)21(16-8-5-9-17(26)23(16)27)24-22(19)25(28)30-13-29-24/h2-10,13-14H,11-12H2,1H3,(H2,28,29,30). The zero-order chi connectivity index (χ0) is 24.4. The summed E-state index contributed by atoms with van der Waals surface area (Å²) >= 11 is 13.0. The van der Waals surface area contributed by atoms with Crippen LogP contribution in [0.15, 0.2) is 67.3 Å². The van der Waals surface area contributed by atoms with Gasteiger partial charge in [0.05, 0.1) is 26.5 Å². The average molecular weight is 507 g/mol. The van der Waals surface area contributed by atoms with Gasteiger partial charge in [-0.3, -0.25) is 4.68 Å². The van der Waals surface area contributed by atoms with Crippen molar-refractivity contribution in [3.05, 3.63) is 88.7 Å². The number of aryl methyl sites for hydroxylation is 1. The minimum atomic E-state index is 0.125. The van der Waals surface area contributed by atoms with Gasteiger partial charge in [-0.25, -0.2) is 15.0 Å². The van der Waals surface area contributed by atoms with E-state index in [0.29, 0.717) is 56.0 Å². The molecular formula is C25H20Cl2N6O2. The predicted molar refractivity (Wildman–Crippen MR) is 136 cm³/mol. The fourth-order valence-corrected chi connectivity index (χ4v) is 4.12. The second-order valence-corrected chi connectivity index (χ2v) is 8.51. The normalized spacial score (nSPS) is 11.1. The van der Waals surface area contributed by atoms with Gasteiger partial charge in [0, 0.05) is 18.7 Å². The van der Waals surface area contributed by atoms with E-state index < -0.39 is 0 Å². The van der Waals surface area contributed by atoms with Gasteiger partial charge in [0.25, 0.3) is 0 Å². The molecule has 0 atom stereocenters. The van der Waals surface area contributed by atoms with Crippen LogP contribution in [0.25, 0.3) is 22.0 Å². The first-order chi connectivity index (χ1) is 17.0. The first kappa shape index (κ1) is 22.9. The molecule has 0 fully saturated rings. The molecule has 0 spiro atoms. The van der Waals surface area contributed by atoms with E-state index in [1.165, 1.54) is 6.33 Å². The molecule has 0 radical (unpaired) electrons. The number of hydrogen-bond donors (Lipinski definition) is 1. The maximum absolute atomic E-state index is 6.63. The Morgan fingerprint density at radius 2 is 1.71 bits per heavy atom. The zero-order valence-electron chi connectivity index (χ0n) is 18.7. The SMILES string of the molecule is Cn1cnc(COc2cc(OCc3ccccc3)c(-c3cccc(Cl)c3Cl)c3ncnc(N)c23)n1. The number of halogens is 2. The number of nitrogens with zero attached hydrogens (tertiary/aromatic N) is 5. The van der Waals surface area contributed by atoms with Gasteiger partial charge in [-0.15, -0.1) is 0 Å². The Balaban J connectivity index is 1.67. The quantitative estimate of drug-likeness (QED) is 0.312. The molecular weight excluding hydrogens is 487 g/mol. The van der Waals surface area contributed by atoms with Gasteiger partial charge in [-0.1, -0.05) is 65.7 Å². The molecule has 0 unspecified atom stereocenters. The van der Waals surface area contributed by atoms with Crippen LogP contribution >= 0.6 is 23.2 Å². The molecule has 176 valence electrons. The van der Waals surface area contributed by atoms with Crippen molar-refractivity contribution < 1.29 is 9.47 Å². The second kappa shape index (κ2) is 9.77. The van der Waals surface area contributed by atoms with E-state index in [4.69, 9.17) is 38.4 Å². The highest BCUT2D eigenvalue weighted by molar-refractivity contribution is 6.44. The van der Waals surface area contributed by atoms with Crippen LogP contribution in [0.3, 0.4) is 0 Å². The van der Waals surface area contributed by atoms with E-state index >= 15 is 0 Å². The third kappa shape index (κ3) is 4.71. The van der Waals surface area contributed by atoms with Crippen molar-refractivity contribution in [3.8, 4) is 22.6 Å². The lowest BCUT2D eigenvalue weighted by molar-refractivity contribution is 0.288. The first-order valence-electron chi connectivity index (χ1n) is 10.7. The number of nitrogens with two attached hydrogens (primary N) is 1. The summed E-state index contributed by atoms with van der Waals surface area (Å²) in [6.45, 7) is 0.443. The number of ether oxygens (including phenoxy) is 2.